The van der Waals surface area contributed by atoms with Gasteiger partial charge < -0.3 is 11.1 Å². The number of nitrogens with one attached hydrogen (secondary N) is 1. The Morgan fingerprint density at radius 1 is 1.18 bits per heavy atom. The summed E-state index contributed by atoms with van der Waals surface area (Å²) in [6.45, 7) is 0.517. The number of primary amides is 1. The molecule has 94 valence electrons. The first-order chi connectivity index (χ1) is 8.00. The average molecular weight is 246 g/mol. The van der Waals surface area contributed by atoms with Crippen LogP contribution in [0.2, 0.25) is 0 Å². The zero-order chi connectivity index (χ0) is 12.8. The number of benzene rings is 1. The van der Waals surface area contributed by atoms with Gasteiger partial charge in [-0.25, -0.2) is 13.2 Å². The molecule has 0 aliphatic carbocycles. The first kappa shape index (κ1) is 13.5. The molecule has 1 amide bonds. The van der Waals surface area contributed by atoms with Crippen LogP contribution in [-0.4, -0.2) is 12.5 Å². The van der Waals surface area contributed by atoms with E-state index in [9.17, 15) is 18.0 Å². The lowest BCUT2D eigenvalue weighted by molar-refractivity contribution is -0.118. The third kappa shape index (κ3) is 4.44. The Morgan fingerprint density at radius 2 is 1.82 bits per heavy atom. The Bertz CT molecular complexity index is 410. The highest BCUT2D eigenvalue weighted by Crippen LogP contribution is 2.13. The van der Waals surface area contributed by atoms with Crippen LogP contribution in [0.5, 0.6) is 0 Å². The van der Waals surface area contributed by atoms with E-state index in [4.69, 9.17) is 5.73 Å². The van der Waals surface area contributed by atoms with E-state index < -0.39 is 23.4 Å². The fraction of sp³-hybridized carbons (Fsp3) is 0.364. The predicted molar refractivity (Wildman–Crippen MR) is 56.5 cm³/mol. The van der Waals surface area contributed by atoms with Gasteiger partial charge in [-0.05, 0) is 19.0 Å². The van der Waals surface area contributed by atoms with Crippen LogP contribution in [0.15, 0.2) is 12.1 Å². The second-order valence-electron chi connectivity index (χ2n) is 3.60. The van der Waals surface area contributed by atoms with Crippen molar-refractivity contribution >= 4 is 5.91 Å². The molecule has 0 atom stereocenters. The van der Waals surface area contributed by atoms with Gasteiger partial charge in [0.05, 0.1) is 0 Å². The molecule has 1 aromatic rings. The summed E-state index contributed by atoms with van der Waals surface area (Å²) in [6.07, 6.45) is 0.744. The Labute approximate surface area is 96.8 Å². The van der Waals surface area contributed by atoms with Crippen molar-refractivity contribution in [3.05, 3.63) is 35.1 Å². The maximum absolute atomic E-state index is 13.1. The molecule has 3 N–H and O–H groups in total. The van der Waals surface area contributed by atoms with Gasteiger partial charge in [0.25, 0.3) is 0 Å². The second kappa shape index (κ2) is 6.24. The largest absolute Gasteiger partial charge is 0.370 e. The number of carbonyl (C=O) groups is 1. The van der Waals surface area contributed by atoms with Gasteiger partial charge in [0.1, 0.15) is 5.82 Å². The normalized spacial score (nSPS) is 10.5. The molecule has 0 aromatic heterocycles. The summed E-state index contributed by atoms with van der Waals surface area (Å²) in [7, 11) is 0. The fourth-order valence-electron chi connectivity index (χ4n) is 1.31. The molecule has 17 heavy (non-hydrogen) atoms. The SMILES string of the molecule is NC(=O)CCCNCc1cc(F)c(F)cc1F. The highest BCUT2D eigenvalue weighted by atomic mass is 19.2. The summed E-state index contributed by atoms with van der Waals surface area (Å²) in [5.74, 6) is -3.50. The fourth-order valence-corrected chi connectivity index (χ4v) is 1.31. The van der Waals surface area contributed by atoms with Crippen LogP contribution >= 0.6 is 0 Å². The van der Waals surface area contributed by atoms with Gasteiger partial charge in [-0.1, -0.05) is 0 Å². The monoisotopic (exact) mass is 246 g/mol. The maximum Gasteiger partial charge on any atom is 0.217 e. The van der Waals surface area contributed by atoms with Gasteiger partial charge in [0.2, 0.25) is 5.91 Å². The van der Waals surface area contributed by atoms with E-state index in [2.05, 4.69) is 5.32 Å². The van der Waals surface area contributed by atoms with Crippen molar-refractivity contribution < 1.29 is 18.0 Å². The summed E-state index contributed by atoms with van der Waals surface area (Å²) in [5.41, 5.74) is 4.97. The number of hydrogen-bond acceptors (Lipinski definition) is 2. The highest BCUT2D eigenvalue weighted by Gasteiger charge is 2.09. The van der Waals surface area contributed by atoms with Crippen molar-refractivity contribution in [3.8, 4) is 0 Å². The molecule has 1 rings (SSSR count). The van der Waals surface area contributed by atoms with E-state index in [-0.39, 0.29) is 18.5 Å². The minimum absolute atomic E-state index is 0.0444. The molecule has 0 saturated heterocycles. The molecule has 3 nitrogen and oxygen atoms in total. The van der Waals surface area contributed by atoms with Crippen molar-refractivity contribution in [2.45, 2.75) is 19.4 Å². The molecule has 0 saturated carbocycles. The number of carbonyl (C=O) groups excluding carboxylic acids is 1. The van der Waals surface area contributed by atoms with Crippen molar-refractivity contribution in [1.29, 1.82) is 0 Å². The maximum atomic E-state index is 13.1. The second-order valence-corrected chi connectivity index (χ2v) is 3.60. The quantitative estimate of drug-likeness (QED) is 0.589. The van der Waals surface area contributed by atoms with E-state index in [1.165, 1.54) is 0 Å². The van der Waals surface area contributed by atoms with Gasteiger partial charge in [0, 0.05) is 24.6 Å². The third-order valence-corrected chi connectivity index (χ3v) is 2.18. The predicted octanol–water partition coefficient (Wildman–Crippen LogP) is 1.46. The molecule has 0 fully saturated rings. The molecule has 0 aliphatic rings. The van der Waals surface area contributed by atoms with Crippen LogP contribution in [0.25, 0.3) is 0 Å². The Kier molecular flexibility index (Phi) is 4.96. The molecule has 0 spiro atoms. The zero-order valence-corrected chi connectivity index (χ0v) is 9.10. The first-order valence-electron chi connectivity index (χ1n) is 5.13. The summed E-state index contributed by atoms with van der Waals surface area (Å²) in [4.78, 5) is 10.4. The molecule has 0 bridgehead atoms. The highest BCUT2D eigenvalue weighted by molar-refractivity contribution is 5.73. The average Bonchev–Trinajstić information content (AvgIpc) is 2.24. The number of rotatable bonds is 6. The summed E-state index contributed by atoms with van der Waals surface area (Å²) < 4.78 is 38.6. The first-order valence-corrected chi connectivity index (χ1v) is 5.13. The third-order valence-electron chi connectivity index (χ3n) is 2.18. The smallest absolute Gasteiger partial charge is 0.217 e. The van der Waals surface area contributed by atoms with Crippen LogP contribution in [0, 0.1) is 17.5 Å². The minimum Gasteiger partial charge on any atom is -0.370 e. The molecule has 0 aliphatic heterocycles. The Balaban J connectivity index is 2.41. The van der Waals surface area contributed by atoms with Crippen molar-refractivity contribution in [1.82, 2.24) is 5.32 Å². The van der Waals surface area contributed by atoms with Gasteiger partial charge in [-0.2, -0.15) is 0 Å². The van der Waals surface area contributed by atoms with Gasteiger partial charge in [0.15, 0.2) is 11.6 Å². The van der Waals surface area contributed by atoms with Crippen LogP contribution < -0.4 is 11.1 Å². The van der Waals surface area contributed by atoms with Crippen LogP contribution in [0.3, 0.4) is 0 Å². The molecule has 0 heterocycles. The van der Waals surface area contributed by atoms with Gasteiger partial charge in [-0.3, -0.25) is 4.79 Å². The van der Waals surface area contributed by atoms with Crippen LogP contribution in [0.4, 0.5) is 13.2 Å². The van der Waals surface area contributed by atoms with E-state index in [1.54, 1.807) is 0 Å². The summed E-state index contributed by atoms with van der Waals surface area (Å²) in [6, 6.07) is 1.32. The molecular weight excluding hydrogens is 233 g/mol. The molecule has 0 radical (unpaired) electrons. The van der Waals surface area contributed by atoms with E-state index in [0.717, 1.165) is 6.07 Å². The Morgan fingerprint density at radius 3 is 2.47 bits per heavy atom. The minimum atomic E-state index is -1.21. The lowest BCUT2D eigenvalue weighted by Crippen LogP contribution is -2.19. The van der Waals surface area contributed by atoms with E-state index in [1.807, 2.05) is 0 Å². The van der Waals surface area contributed by atoms with Crippen LogP contribution in [0.1, 0.15) is 18.4 Å². The molecule has 6 heteroatoms. The standard InChI is InChI=1S/C11H13F3N2O/c12-8-5-10(14)9(13)4-7(8)6-16-3-1-2-11(15)17/h4-5,16H,1-3,6H2,(H2,15,17). The van der Waals surface area contributed by atoms with Crippen LogP contribution in [-0.2, 0) is 11.3 Å². The number of amides is 1. The van der Waals surface area contributed by atoms with Crippen molar-refractivity contribution in [2.24, 2.45) is 5.73 Å². The number of nitrogens with two attached hydrogens (primary N) is 1. The van der Waals surface area contributed by atoms with E-state index in [0.29, 0.717) is 19.0 Å². The lowest BCUT2D eigenvalue weighted by Gasteiger charge is -2.06. The summed E-state index contributed by atoms with van der Waals surface area (Å²) >= 11 is 0. The molecule has 1 aromatic carbocycles. The number of hydrogen-bond donors (Lipinski definition) is 2. The van der Waals surface area contributed by atoms with Gasteiger partial charge in [-0.15, -0.1) is 0 Å². The van der Waals surface area contributed by atoms with E-state index >= 15 is 0 Å². The zero-order valence-electron chi connectivity index (χ0n) is 9.10. The number of halogens is 3. The lowest BCUT2D eigenvalue weighted by atomic mass is 10.2. The van der Waals surface area contributed by atoms with Crippen molar-refractivity contribution in [2.75, 3.05) is 6.54 Å². The topological polar surface area (TPSA) is 55.1 Å². The molecule has 0 unspecified atom stereocenters. The van der Waals surface area contributed by atoms with Gasteiger partial charge >= 0.3 is 0 Å². The molecular formula is C11H13F3N2O. The van der Waals surface area contributed by atoms with Crippen molar-refractivity contribution in [3.63, 3.8) is 0 Å². The Hall–Kier alpha value is -1.56. The summed E-state index contributed by atoms with van der Waals surface area (Å²) in [5, 5.41) is 2.81.